The van der Waals surface area contributed by atoms with E-state index < -0.39 is 22.5 Å². The number of carbonyl (C=O) groups is 1. The molecule has 1 amide bonds. The number of aryl methyl sites for hydroxylation is 1. The number of nitrogens with one attached hydrogen (secondary N) is 1. The van der Waals surface area contributed by atoms with Crippen LogP contribution in [-0.4, -0.2) is 37.8 Å². The molecule has 0 saturated carbocycles. The Morgan fingerprint density at radius 2 is 1.87 bits per heavy atom. The van der Waals surface area contributed by atoms with Crippen LogP contribution >= 0.6 is 0 Å². The largest absolute Gasteiger partial charge is 0.435 e. The molecule has 0 aliphatic carbocycles. The van der Waals surface area contributed by atoms with Crippen molar-refractivity contribution in [3.63, 3.8) is 0 Å². The van der Waals surface area contributed by atoms with E-state index in [-0.39, 0.29) is 22.3 Å². The fraction of sp³-hybridized carbons (Fsp3) is 0.381. The molecule has 0 radical (unpaired) electrons. The number of sulfonamides is 1. The third kappa shape index (κ3) is 4.96. The van der Waals surface area contributed by atoms with Gasteiger partial charge >= 0.3 is 6.61 Å². The highest BCUT2D eigenvalue weighted by Crippen LogP contribution is 2.27. The molecule has 1 heterocycles. The SMILES string of the molecule is Cc1ccc(S(=O)(=O)N2CCCCC2C)cc1C(=O)Nc1ccc(OC(F)F)cc1. The molecular formula is C21H24F2N2O4S. The first-order chi connectivity index (χ1) is 14.2. The third-order valence-corrected chi connectivity index (χ3v) is 7.15. The lowest BCUT2D eigenvalue weighted by Gasteiger charge is -2.32. The lowest BCUT2D eigenvalue weighted by Crippen LogP contribution is -2.42. The molecule has 2 aromatic rings. The van der Waals surface area contributed by atoms with Gasteiger partial charge in [-0.1, -0.05) is 12.5 Å². The number of alkyl halides is 2. The number of nitrogens with zero attached hydrogens (tertiary/aromatic N) is 1. The van der Waals surface area contributed by atoms with Crippen molar-refractivity contribution in [1.29, 1.82) is 0 Å². The molecule has 9 heteroatoms. The second kappa shape index (κ2) is 9.09. The summed E-state index contributed by atoms with van der Waals surface area (Å²) in [5.41, 5.74) is 1.23. The van der Waals surface area contributed by atoms with Gasteiger partial charge in [0.25, 0.3) is 5.91 Å². The van der Waals surface area contributed by atoms with Crippen molar-refractivity contribution >= 4 is 21.6 Å². The Morgan fingerprint density at radius 3 is 2.50 bits per heavy atom. The average Bonchev–Trinajstić information content (AvgIpc) is 2.69. The minimum Gasteiger partial charge on any atom is -0.435 e. The van der Waals surface area contributed by atoms with Gasteiger partial charge in [0.05, 0.1) is 4.90 Å². The van der Waals surface area contributed by atoms with E-state index >= 15 is 0 Å². The van der Waals surface area contributed by atoms with Gasteiger partial charge in [0, 0.05) is 23.8 Å². The van der Waals surface area contributed by atoms with Gasteiger partial charge in [0.15, 0.2) is 0 Å². The fourth-order valence-electron chi connectivity index (χ4n) is 3.49. The van der Waals surface area contributed by atoms with Crippen molar-refractivity contribution in [1.82, 2.24) is 4.31 Å². The summed E-state index contributed by atoms with van der Waals surface area (Å²) < 4.78 is 56.4. The summed E-state index contributed by atoms with van der Waals surface area (Å²) >= 11 is 0. The van der Waals surface area contributed by atoms with Crippen LogP contribution < -0.4 is 10.1 Å². The normalized spacial score (nSPS) is 17.7. The number of piperidine rings is 1. The summed E-state index contributed by atoms with van der Waals surface area (Å²) in [6.45, 7) is 1.14. The van der Waals surface area contributed by atoms with Crippen molar-refractivity contribution < 1.29 is 26.7 Å². The maximum atomic E-state index is 13.1. The van der Waals surface area contributed by atoms with E-state index in [0.29, 0.717) is 17.8 Å². The summed E-state index contributed by atoms with van der Waals surface area (Å²) in [6.07, 6.45) is 2.62. The molecule has 30 heavy (non-hydrogen) atoms. The van der Waals surface area contributed by atoms with Gasteiger partial charge in [-0.05, 0) is 68.7 Å². The van der Waals surface area contributed by atoms with Crippen LogP contribution in [0.15, 0.2) is 47.4 Å². The van der Waals surface area contributed by atoms with Gasteiger partial charge in [0.2, 0.25) is 10.0 Å². The number of ether oxygens (including phenoxy) is 1. The maximum Gasteiger partial charge on any atom is 0.387 e. The first-order valence-electron chi connectivity index (χ1n) is 9.67. The lowest BCUT2D eigenvalue weighted by molar-refractivity contribution is -0.0498. The van der Waals surface area contributed by atoms with Gasteiger partial charge in [-0.2, -0.15) is 13.1 Å². The highest BCUT2D eigenvalue weighted by Gasteiger charge is 2.31. The van der Waals surface area contributed by atoms with Gasteiger partial charge in [-0.15, -0.1) is 0 Å². The predicted octanol–water partition coefficient (Wildman–Crippen LogP) is 4.41. The molecule has 2 aromatic carbocycles. The zero-order valence-electron chi connectivity index (χ0n) is 16.8. The van der Waals surface area contributed by atoms with Crippen LogP contribution in [0.4, 0.5) is 14.5 Å². The van der Waals surface area contributed by atoms with Crippen LogP contribution in [0.3, 0.4) is 0 Å². The number of halogens is 2. The Hall–Kier alpha value is -2.52. The zero-order chi connectivity index (χ0) is 21.9. The topological polar surface area (TPSA) is 75.7 Å². The fourth-order valence-corrected chi connectivity index (χ4v) is 5.21. The molecule has 3 rings (SSSR count). The smallest absolute Gasteiger partial charge is 0.387 e. The quantitative estimate of drug-likeness (QED) is 0.725. The Morgan fingerprint density at radius 1 is 1.17 bits per heavy atom. The molecule has 162 valence electrons. The van der Waals surface area contributed by atoms with Crippen LogP contribution in [0.1, 0.15) is 42.1 Å². The second-order valence-electron chi connectivity index (χ2n) is 7.29. The standard InChI is InChI=1S/C21H24F2N2O4S/c1-14-6-11-18(30(27,28)25-12-4-3-5-15(25)2)13-19(14)20(26)24-16-7-9-17(10-8-16)29-21(22)23/h6-11,13,15,21H,3-5,12H2,1-2H3,(H,24,26). The first kappa shape index (κ1) is 22.2. The van der Waals surface area contributed by atoms with Crippen molar-refractivity contribution in [2.45, 2.75) is 50.7 Å². The molecule has 0 bridgehead atoms. The summed E-state index contributed by atoms with van der Waals surface area (Å²) in [7, 11) is -3.71. The summed E-state index contributed by atoms with van der Waals surface area (Å²) in [6, 6.07) is 9.91. The number of rotatable bonds is 6. The number of carbonyl (C=O) groups excluding carboxylic acids is 1. The summed E-state index contributed by atoms with van der Waals surface area (Å²) in [4.78, 5) is 12.8. The highest BCUT2D eigenvalue weighted by atomic mass is 32.2. The number of benzene rings is 2. The van der Waals surface area contributed by atoms with Crippen LogP contribution in [-0.2, 0) is 10.0 Å². The molecule has 1 saturated heterocycles. The molecule has 0 spiro atoms. The van der Waals surface area contributed by atoms with E-state index in [1.807, 2.05) is 6.92 Å². The van der Waals surface area contributed by atoms with Gasteiger partial charge in [-0.3, -0.25) is 4.79 Å². The number of hydrogen-bond acceptors (Lipinski definition) is 4. The van der Waals surface area contributed by atoms with Crippen molar-refractivity contribution in [3.8, 4) is 5.75 Å². The zero-order valence-corrected chi connectivity index (χ0v) is 17.6. The molecular weight excluding hydrogens is 414 g/mol. The Bertz CT molecular complexity index is 1010. The molecule has 1 aliphatic rings. The van der Waals surface area contributed by atoms with Gasteiger partial charge in [-0.25, -0.2) is 8.42 Å². The number of amides is 1. The molecule has 0 aromatic heterocycles. The van der Waals surface area contributed by atoms with Gasteiger partial charge in [0.1, 0.15) is 5.75 Å². The molecule has 1 unspecified atom stereocenters. The Balaban J connectivity index is 1.81. The molecule has 1 aliphatic heterocycles. The van der Waals surface area contributed by atoms with E-state index in [9.17, 15) is 22.0 Å². The molecule has 1 fully saturated rings. The lowest BCUT2D eigenvalue weighted by atomic mass is 10.1. The van der Waals surface area contributed by atoms with E-state index in [1.54, 1.807) is 13.0 Å². The van der Waals surface area contributed by atoms with E-state index in [1.165, 1.54) is 40.7 Å². The molecule has 1 N–H and O–H groups in total. The number of hydrogen-bond donors (Lipinski definition) is 1. The van der Waals surface area contributed by atoms with Crippen LogP contribution in [0.25, 0.3) is 0 Å². The minimum atomic E-state index is -3.71. The summed E-state index contributed by atoms with van der Waals surface area (Å²) in [5.74, 6) is -0.512. The molecule has 6 nitrogen and oxygen atoms in total. The monoisotopic (exact) mass is 438 g/mol. The van der Waals surface area contributed by atoms with E-state index in [2.05, 4.69) is 10.1 Å². The Labute approximate surface area is 174 Å². The number of anilines is 1. The third-order valence-electron chi connectivity index (χ3n) is 5.14. The van der Waals surface area contributed by atoms with Crippen LogP contribution in [0, 0.1) is 6.92 Å². The first-order valence-corrected chi connectivity index (χ1v) is 11.1. The van der Waals surface area contributed by atoms with Crippen molar-refractivity contribution in [2.24, 2.45) is 0 Å². The highest BCUT2D eigenvalue weighted by molar-refractivity contribution is 7.89. The maximum absolute atomic E-state index is 13.1. The van der Waals surface area contributed by atoms with Crippen LogP contribution in [0.2, 0.25) is 0 Å². The van der Waals surface area contributed by atoms with E-state index in [0.717, 1.165) is 19.3 Å². The van der Waals surface area contributed by atoms with Gasteiger partial charge < -0.3 is 10.1 Å². The van der Waals surface area contributed by atoms with Crippen LogP contribution in [0.5, 0.6) is 5.75 Å². The minimum absolute atomic E-state index is 0.0251. The second-order valence-corrected chi connectivity index (χ2v) is 9.18. The summed E-state index contributed by atoms with van der Waals surface area (Å²) in [5, 5.41) is 2.66. The Kier molecular flexibility index (Phi) is 6.72. The average molecular weight is 438 g/mol. The molecule has 1 atom stereocenters. The van der Waals surface area contributed by atoms with E-state index in [4.69, 9.17) is 0 Å². The van der Waals surface area contributed by atoms with Crippen molar-refractivity contribution in [2.75, 3.05) is 11.9 Å². The predicted molar refractivity (Wildman–Crippen MR) is 109 cm³/mol. The van der Waals surface area contributed by atoms with Crippen molar-refractivity contribution in [3.05, 3.63) is 53.6 Å².